The predicted octanol–water partition coefficient (Wildman–Crippen LogP) is -0.296. The Morgan fingerprint density at radius 3 is 1.75 bits per heavy atom. The van der Waals surface area contributed by atoms with Crippen molar-refractivity contribution >= 4 is 15.7 Å². The summed E-state index contributed by atoms with van der Waals surface area (Å²) in [6.45, 7) is -0.410. The summed E-state index contributed by atoms with van der Waals surface area (Å²) in [6, 6.07) is 0. The zero-order valence-electron chi connectivity index (χ0n) is 7.20. The van der Waals surface area contributed by atoms with Gasteiger partial charge in [-0.2, -0.15) is 13.2 Å². The molecule has 1 nitrogen and oxygen atoms in total. The highest BCUT2D eigenvalue weighted by Crippen LogP contribution is 2.68. The zero-order valence-corrected chi connectivity index (χ0v) is 7.20. The van der Waals surface area contributed by atoms with Crippen LogP contribution < -0.4 is 0 Å². The summed E-state index contributed by atoms with van der Waals surface area (Å²) in [5.41, 5.74) is -1.62. The third kappa shape index (κ3) is 1.16. The van der Waals surface area contributed by atoms with Gasteiger partial charge in [0.15, 0.2) is 0 Å². The Labute approximate surface area is 71.2 Å². The minimum atomic E-state index is -4.17. The molecule has 12 heavy (non-hydrogen) atoms. The second kappa shape index (κ2) is 2.44. The van der Waals surface area contributed by atoms with Gasteiger partial charge in [-0.15, -0.1) is 0 Å². The van der Waals surface area contributed by atoms with E-state index >= 15 is 0 Å². The first-order valence-corrected chi connectivity index (χ1v) is 3.94. The van der Waals surface area contributed by atoms with E-state index in [0.29, 0.717) is 0 Å². The standard InChI is InChI=1S/C6H11B2F3O/c7-5(8,3-12)4(1-2-4)6(9,10)11/h12H,1-3,7-8H2. The van der Waals surface area contributed by atoms with Crippen LogP contribution in [-0.2, 0) is 0 Å². The van der Waals surface area contributed by atoms with E-state index in [-0.39, 0.29) is 12.8 Å². The average molecular weight is 178 g/mol. The minimum Gasteiger partial charge on any atom is -0.397 e. The van der Waals surface area contributed by atoms with E-state index < -0.39 is 23.4 Å². The van der Waals surface area contributed by atoms with Crippen molar-refractivity contribution in [2.24, 2.45) is 5.41 Å². The summed E-state index contributed by atoms with van der Waals surface area (Å²) in [4.78, 5) is 0. The molecule has 1 saturated carbocycles. The predicted molar refractivity (Wildman–Crippen MR) is 44.6 cm³/mol. The zero-order chi connectivity index (χ0) is 9.62. The van der Waals surface area contributed by atoms with Gasteiger partial charge in [-0.05, 0) is 18.1 Å². The molecule has 1 aliphatic carbocycles. The molecule has 0 aromatic rings. The number of hydrogen-bond donors (Lipinski definition) is 1. The molecule has 0 aromatic heterocycles. The number of halogens is 3. The quantitative estimate of drug-likeness (QED) is 0.575. The molecule has 0 bridgehead atoms. The van der Waals surface area contributed by atoms with Crippen molar-refractivity contribution in [3.63, 3.8) is 0 Å². The molecule has 1 N–H and O–H groups in total. The maximum absolute atomic E-state index is 12.5. The van der Waals surface area contributed by atoms with Crippen LogP contribution in [0.25, 0.3) is 0 Å². The Morgan fingerprint density at radius 1 is 1.25 bits per heavy atom. The molecule has 1 fully saturated rings. The Balaban J connectivity index is 2.87. The lowest BCUT2D eigenvalue weighted by Gasteiger charge is -2.34. The second-order valence-electron chi connectivity index (χ2n) is 4.12. The number of aliphatic hydroxyl groups is 1. The Kier molecular flexibility index (Phi) is 2.02. The molecule has 0 heterocycles. The van der Waals surface area contributed by atoms with Gasteiger partial charge >= 0.3 is 6.18 Å². The van der Waals surface area contributed by atoms with Crippen LogP contribution in [0.15, 0.2) is 0 Å². The van der Waals surface area contributed by atoms with Crippen LogP contribution in [0.5, 0.6) is 0 Å². The summed E-state index contributed by atoms with van der Waals surface area (Å²) in [7, 11) is 2.93. The third-order valence-electron chi connectivity index (χ3n) is 2.98. The van der Waals surface area contributed by atoms with E-state index in [9.17, 15) is 13.2 Å². The maximum atomic E-state index is 12.5. The highest BCUT2D eigenvalue weighted by atomic mass is 19.4. The second-order valence-corrected chi connectivity index (χ2v) is 4.12. The first-order chi connectivity index (χ1) is 5.27. The van der Waals surface area contributed by atoms with Gasteiger partial charge in [0, 0.05) is 6.61 Å². The molecule has 1 aliphatic rings. The van der Waals surface area contributed by atoms with Crippen molar-refractivity contribution in [2.45, 2.75) is 24.2 Å². The molecule has 0 saturated heterocycles. The van der Waals surface area contributed by atoms with E-state index in [1.54, 1.807) is 0 Å². The van der Waals surface area contributed by atoms with Crippen LogP contribution in [0.3, 0.4) is 0 Å². The highest BCUT2D eigenvalue weighted by molar-refractivity contribution is 6.40. The molecule has 0 unspecified atom stereocenters. The smallest absolute Gasteiger partial charge is 0.393 e. The van der Waals surface area contributed by atoms with Gasteiger partial charge in [0.1, 0.15) is 15.7 Å². The van der Waals surface area contributed by atoms with E-state index in [1.807, 2.05) is 0 Å². The SMILES string of the molecule is BC(B)(CO)C1(C(F)(F)F)CC1. The Bertz CT molecular complexity index is 186. The average Bonchev–Trinajstić information content (AvgIpc) is 2.63. The van der Waals surface area contributed by atoms with Crippen LogP contribution >= 0.6 is 0 Å². The summed E-state index contributed by atoms with van der Waals surface area (Å²) < 4.78 is 37.4. The monoisotopic (exact) mass is 178 g/mol. The van der Waals surface area contributed by atoms with Gasteiger partial charge in [-0.1, -0.05) is 0 Å². The van der Waals surface area contributed by atoms with Crippen molar-refractivity contribution in [1.82, 2.24) is 0 Å². The molecule has 0 aromatic carbocycles. The fraction of sp³-hybridized carbons (Fsp3) is 1.00. The molecule has 0 spiro atoms. The normalized spacial score (nSPS) is 22.3. The fourth-order valence-electron chi connectivity index (χ4n) is 1.62. The molecule has 68 valence electrons. The van der Waals surface area contributed by atoms with Crippen LogP contribution in [0.1, 0.15) is 12.8 Å². The number of rotatable bonds is 2. The molecule has 1 rings (SSSR count). The van der Waals surface area contributed by atoms with Crippen LogP contribution in [0, 0.1) is 5.41 Å². The summed E-state index contributed by atoms with van der Waals surface area (Å²) >= 11 is 0. The van der Waals surface area contributed by atoms with Gasteiger partial charge in [-0.3, -0.25) is 0 Å². The number of alkyl halides is 3. The van der Waals surface area contributed by atoms with E-state index in [4.69, 9.17) is 5.11 Å². The van der Waals surface area contributed by atoms with Gasteiger partial charge in [-0.25, -0.2) is 0 Å². The molecule has 0 amide bonds. The molecule has 0 aliphatic heterocycles. The van der Waals surface area contributed by atoms with Gasteiger partial charge in [0.05, 0.1) is 5.41 Å². The maximum Gasteiger partial charge on any atom is 0.393 e. The largest absolute Gasteiger partial charge is 0.397 e. The molecular weight excluding hydrogens is 167 g/mol. The van der Waals surface area contributed by atoms with Crippen LogP contribution in [-0.4, -0.2) is 33.6 Å². The van der Waals surface area contributed by atoms with Gasteiger partial charge < -0.3 is 5.11 Å². The lowest BCUT2D eigenvalue weighted by atomic mass is 9.46. The molecule has 0 atom stereocenters. The Hall–Kier alpha value is -0.120. The minimum absolute atomic E-state index is 0.157. The van der Waals surface area contributed by atoms with Crippen molar-refractivity contribution in [3.05, 3.63) is 0 Å². The fourth-order valence-corrected chi connectivity index (χ4v) is 1.62. The van der Waals surface area contributed by atoms with Crippen molar-refractivity contribution in [3.8, 4) is 0 Å². The van der Waals surface area contributed by atoms with E-state index in [0.717, 1.165) is 0 Å². The number of hydrogen-bond acceptors (Lipinski definition) is 1. The van der Waals surface area contributed by atoms with Crippen LogP contribution in [0.4, 0.5) is 13.2 Å². The van der Waals surface area contributed by atoms with Crippen molar-refractivity contribution < 1.29 is 18.3 Å². The van der Waals surface area contributed by atoms with E-state index in [1.165, 1.54) is 15.7 Å². The summed E-state index contributed by atoms with van der Waals surface area (Å²) in [6.07, 6.45) is -3.85. The first kappa shape index (κ1) is 9.96. The molecule has 0 radical (unpaired) electrons. The topological polar surface area (TPSA) is 20.2 Å². The summed E-state index contributed by atoms with van der Waals surface area (Å²) in [5.74, 6) is 0. The van der Waals surface area contributed by atoms with E-state index in [2.05, 4.69) is 0 Å². The van der Waals surface area contributed by atoms with Crippen molar-refractivity contribution in [2.75, 3.05) is 6.61 Å². The lowest BCUT2D eigenvalue weighted by Crippen LogP contribution is -2.40. The molecular formula is C6H11B2F3O. The third-order valence-corrected chi connectivity index (χ3v) is 2.98. The summed E-state index contributed by atoms with van der Waals surface area (Å²) in [5, 5.41) is 7.80. The molecule has 6 heteroatoms. The lowest BCUT2D eigenvalue weighted by molar-refractivity contribution is -0.194. The van der Waals surface area contributed by atoms with Gasteiger partial charge in [0.25, 0.3) is 0 Å². The first-order valence-electron chi connectivity index (χ1n) is 3.94. The van der Waals surface area contributed by atoms with Crippen LogP contribution in [0.2, 0.25) is 5.21 Å². The Morgan fingerprint density at radius 2 is 1.67 bits per heavy atom. The highest BCUT2D eigenvalue weighted by Gasteiger charge is 2.69. The number of aliphatic hydroxyl groups excluding tert-OH is 1. The van der Waals surface area contributed by atoms with Crippen molar-refractivity contribution in [1.29, 1.82) is 0 Å². The van der Waals surface area contributed by atoms with Gasteiger partial charge in [0.2, 0.25) is 0 Å².